The van der Waals surface area contributed by atoms with Crippen molar-refractivity contribution in [3.05, 3.63) is 11.1 Å². The van der Waals surface area contributed by atoms with E-state index < -0.39 is 0 Å². The summed E-state index contributed by atoms with van der Waals surface area (Å²) in [5.41, 5.74) is 1.49. The number of aliphatic imine (C=N–C) groups is 1. The van der Waals surface area contributed by atoms with Crippen molar-refractivity contribution in [2.24, 2.45) is 4.99 Å². The highest BCUT2D eigenvalue weighted by Gasteiger charge is 2.23. The van der Waals surface area contributed by atoms with Crippen molar-refractivity contribution in [3.8, 4) is 0 Å². The van der Waals surface area contributed by atoms with E-state index in [0.717, 1.165) is 5.57 Å². The normalized spacial score (nSPS) is 22.3. The largest absolute Gasteiger partial charge is 0.404 e. The van der Waals surface area contributed by atoms with Crippen LogP contribution in [0.25, 0.3) is 0 Å². The summed E-state index contributed by atoms with van der Waals surface area (Å²) in [7, 11) is 1.60. The van der Waals surface area contributed by atoms with Gasteiger partial charge in [0.15, 0.2) is 0 Å². The molecule has 0 saturated carbocycles. The van der Waals surface area contributed by atoms with Crippen LogP contribution < -0.4 is 0 Å². The molecule has 0 bridgehead atoms. The third kappa shape index (κ3) is 0.835. The highest BCUT2D eigenvalue weighted by Crippen LogP contribution is 2.16. The maximum absolute atomic E-state index is 10.8. The molecule has 0 atom stereocenters. The first kappa shape index (κ1) is 6.99. The van der Waals surface area contributed by atoms with Gasteiger partial charge in [0, 0.05) is 18.2 Å². The summed E-state index contributed by atoms with van der Waals surface area (Å²) in [6.07, 6.45) is 0. The van der Waals surface area contributed by atoms with Crippen molar-refractivity contribution in [2.75, 3.05) is 7.05 Å². The van der Waals surface area contributed by atoms with Crippen LogP contribution in [0.15, 0.2) is 16.1 Å². The van der Waals surface area contributed by atoms with Gasteiger partial charge in [-0.15, -0.1) is 0 Å². The third-order valence-electron chi connectivity index (χ3n) is 1.58. The van der Waals surface area contributed by atoms with Crippen molar-refractivity contribution in [1.82, 2.24) is 0 Å². The Morgan fingerprint density at radius 1 is 1.30 bits per heavy atom. The fourth-order valence-electron chi connectivity index (χ4n) is 0.768. The Hall–Kier alpha value is -1.12. The van der Waals surface area contributed by atoms with Gasteiger partial charge in [-0.05, 0) is 13.8 Å². The smallest absolute Gasteiger partial charge is 0.340 e. The first-order valence-corrected chi connectivity index (χ1v) is 3.03. The number of hydrogen-bond acceptors (Lipinski definition) is 3. The average molecular weight is 139 g/mol. The van der Waals surface area contributed by atoms with Crippen molar-refractivity contribution in [3.63, 3.8) is 0 Å². The summed E-state index contributed by atoms with van der Waals surface area (Å²) in [6.45, 7) is 3.55. The zero-order valence-corrected chi connectivity index (χ0v) is 6.26. The van der Waals surface area contributed by atoms with Gasteiger partial charge in [-0.1, -0.05) is 0 Å². The van der Waals surface area contributed by atoms with Gasteiger partial charge in [-0.2, -0.15) is 0 Å². The van der Waals surface area contributed by atoms with Gasteiger partial charge in [0.2, 0.25) is 5.90 Å². The standard InChI is InChI=1S/C7H9NO2/c1-4-5(2)7(9)10-6(4)8-3/h1-3H3. The molecule has 10 heavy (non-hydrogen) atoms. The molecule has 3 heteroatoms. The summed E-state index contributed by atoms with van der Waals surface area (Å²) in [4.78, 5) is 14.6. The molecule has 1 aliphatic heterocycles. The van der Waals surface area contributed by atoms with E-state index in [9.17, 15) is 4.79 Å². The minimum atomic E-state index is -0.280. The summed E-state index contributed by atoms with van der Waals surface area (Å²) in [6, 6.07) is 0. The number of rotatable bonds is 0. The van der Waals surface area contributed by atoms with Gasteiger partial charge in [-0.25, -0.2) is 4.79 Å². The van der Waals surface area contributed by atoms with Crippen LogP contribution in [0.5, 0.6) is 0 Å². The van der Waals surface area contributed by atoms with E-state index in [1.54, 1.807) is 14.0 Å². The Labute approximate surface area is 59.4 Å². The SMILES string of the molecule is CN=C1OC(=O)C(C)=C1C. The Bertz CT molecular complexity index is 238. The minimum absolute atomic E-state index is 0.280. The molecular formula is C7H9NO2. The molecule has 0 N–H and O–H groups in total. The van der Waals surface area contributed by atoms with Crippen molar-refractivity contribution in [1.29, 1.82) is 0 Å². The first-order chi connectivity index (χ1) is 4.66. The molecule has 1 rings (SSSR count). The fourth-order valence-corrected chi connectivity index (χ4v) is 0.768. The monoisotopic (exact) mass is 139 g/mol. The first-order valence-electron chi connectivity index (χ1n) is 3.03. The van der Waals surface area contributed by atoms with Crippen LogP contribution in [0.2, 0.25) is 0 Å². The molecular weight excluding hydrogens is 130 g/mol. The summed E-state index contributed by atoms with van der Waals surface area (Å²) < 4.78 is 4.77. The van der Waals surface area contributed by atoms with Gasteiger partial charge in [-0.3, -0.25) is 4.99 Å². The molecule has 0 aromatic heterocycles. The van der Waals surface area contributed by atoms with Crippen LogP contribution in [0.3, 0.4) is 0 Å². The maximum atomic E-state index is 10.8. The van der Waals surface area contributed by atoms with Gasteiger partial charge in [0.25, 0.3) is 0 Å². The number of ether oxygens (including phenoxy) is 1. The molecule has 0 unspecified atom stereocenters. The van der Waals surface area contributed by atoms with Gasteiger partial charge in [0.1, 0.15) is 0 Å². The quantitative estimate of drug-likeness (QED) is 0.468. The van der Waals surface area contributed by atoms with E-state index in [0.29, 0.717) is 11.5 Å². The van der Waals surface area contributed by atoms with E-state index >= 15 is 0 Å². The molecule has 0 fully saturated rings. The van der Waals surface area contributed by atoms with Crippen molar-refractivity contribution in [2.45, 2.75) is 13.8 Å². The summed E-state index contributed by atoms with van der Waals surface area (Å²) >= 11 is 0. The Morgan fingerprint density at radius 3 is 2.10 bits per heavy atom. The number of hydrogen-bond donors (Lipinski definition) is 0. The summed E-state index contributed by atoms with van der Waals surface area (Å²) in [5.74, 6) is 0.167. The second-order valence-electron chi connectivity index (χ2n) is 2.17. The molecule has 0 saturated heterocycles. The Kier molecular flexibility index (Phi) is 1.57. The van der Waals surface area contributed by atoms with Crippen LogP contribution in [-0.2, 0) is 9.53 Å². The van der Waals surface area contributed by atoms with E-state index in [2.05, 4.69) is 4.99 Å². The molecule has 3 nitrogen and oxygen atoms in total. The third-order valence-corrected chi connectivity index (χ3v) is 1.58. The van der Waals surface area contributed by atoms with Crippen LogP contribution in [0.1, 0.15) is 13.8 Å². The Morgan fingerprint density at radius 2 is 1.90 bits per heavy atom. The van der Waals surface area contributed by atoms with Gasteiger partial charge >= 0.3 is 5.97 Å². The molecule has 0 aromatic carbocycles. The van der Waals surface area contributed by atoms with E-state index in [4.69, 9.17) is 4.74 Å². The second kappa shape index (κ2) is 2.25. The molecule has 0 spiro atoms. The molecule has 0 radical (unpaired) electrons. The van der Waals surface area contributed by atoms with Gasteiger partial charge in [0.05, 0.1) is 0 Å². The van der Waals surface area contributed by atoms with Gasteiger partial charge < -0.3 is 4.74 Å². The second-order valence-corrected chi connectivity index (χ2v) is 2.17. The lowest BCUT2D eigenvalue weighted by molar-refractivity contribution is -0.130. The lowest BCUT2D eigenvalue weighted by Crippen LogP contribution is -2.01. The van der Waals surface area contributed by atoms with Crippen LogP contribution in [0, 0.1) is 0 Å². The molecule has 0 aliphatic carbocycles. The lowest BCUT2D eigenvalue weighted by Gasteiger charge is -1.92. The molecule has 0 aromatic rings. The molecule has 0 amide bonds. The number of nitrogens with zero attached hydrogens (tertiary/aromatic N) is 1. The van der Waals surface area contributed by atoms with Crippen LogP contribution >= 0.6 is 0 Å². The Balaban J connectivity index is 3.06. The maximum Gasteiger partial charge on any atom is 0.340 e. The van der Waals surface area contributed by atoms with E-state index in [1.807, 2.05) is 6.92 Å². The van der Waals surface area contributed by atoms with Crippen LogP contribution in [0.4, 0.5) is 0 Å². The highest BCUT2D eigenvalue weighted by molar-refractivity contribution is 6.13. The topological polar surface area (TPSA) is 38.7 Å². The number of carbonyl (C=O) groups is 1. The molecule has 54 valence electrons. The number of esters is 1. The van der Waals surface area contributed by atoms with Crippen molar-refractivity contribution >= 4 is 11.9 Å². The van der Waals surface area contributed by atoms with Crippen LogP contribution in [-0.4, -0.2) is 18.9 Å². The zero-order valence-electron chi connectivity index (χ0n) is 6.26. The highest BCUT2D eigenvalue weighted by atomic mass is 16.5. The van der Waals surface area contributed by atoms with Crippen molar-refractivity contribution < 1.29 is 9.53 Å². The predicted octanol–water partition coefficient (Wildman–Crippen LogP) is 0.908. The van der Waals surface area contributed by atoms with E-state index in [1.165, 1.54) is 0 Å². The predicted molar refractivity (Wildman–Crippen MR) is 37.8 cm³/mol. The van der Waals surface area contributed by atoms with E-state index in [-0.39, 0.29) is 5.97 Å². The minimum Gasteiger partial charge on any atom is -0.404 e. The fraction of sp³-hybridized carbons (Fsp3) is 0.429. The lowest BCUT2D eigenvalue weighted by atomic mass is 10.2. The average Bonchev–Trinajstić information content (AvgIpc) is 2.17. The summed E-state index contributed by atoms with van der Waals surface area (Å²) in [5, 5.41) is 0. The zero-order chi connectivity index (χ0) is 7.72. The number of carbonyl (C=O) groups excluding carboxylic acids is 1. The molecule has 1 aliphatic rings. The molecule has 1 heterocycles. The number of cyclic esters (lactones) is 1.